The van der Waals surface area contributed by atoms with Gasteiger partial charge in [0.25, 0.3) is 5.91 Å². The van der Waals surface area contributed by atoms with Crippen LogP contribution in [0.5, 0.6) is 5.75 Å². The van der Waals surface area contributed by atoms with Crippen molar-refractivity contribution in [3.63, 3.8) is 0 Å². The third-order valence-electron chi connectivity index (χ3n) is 3.11. The lowest BCUT2D eigenvalue weighted by atomic mass is 10.2. The molecule has 132 valence electrons. The zero-order valence-corrected chi connectivity index (χ0v) is 14.5. The first-order chi connectivity index (χ1) is 11.9. The third kappa shape index (κ3) is 5.01. The van der Waals surface area contributed by atoms with E-state index in [1.807, 2.05) is 12.1 Å². The molecule has 0 aliphatic carbocycles. The van der Waals surface area contributed by atoms with Gasteiger partial charge in [0, 0.05) is 5.56 Å². The maximum absolute atomic E-state index is 12.1. The second-order valence-electron chi connectivity index (χ2n) is 4.98. The van der Waals surface area contributed by atoms with Gasteiger partial charge in [-0.15, -0.1) is 11.3 Å². The van der Waals surface area contributed by atoms with Gasteiger partial charge in [-0.1, -0.05) is 0 Å². The molecular weight excluding hydrogens is 346 g/mol. The molecule has 2 rings (SSSR count). The monoisotopic (exact) mass is 363 g/mol. The second kappa shape index (κ2) is 8.25. The normalized spacial score (nSPS) is 10.2. The predicted octanol–water partition coefficient (Wildman–Crippen LogP) is 0.885. The number of ether oxygens (including phenoxy) is 2. The van der Waals surface area contributed by atoms with Crippen molar-refractivity contribution in [2.45, 2.75) is 6.92 Å². The van der Waals surface area contributed by atoms with Gasteiger partial charge in [-0.3, -0.25) is 9.59 Å². The first-order valence-electron chi connectivity index (χ1n) is 7.24. The van der Waals surface area contributed by atoms with Crippen molar-refractivity contribution in [1.29, 1.82) is 0 Å². The highest BCUT2D eigenvalue weighted by Crippen LogP contribution is 2.29. The number of hydrogen-bond donors (Lipinski definition) is 2. The van der Waals surface area contributed by atoms with Crippen LogP contribution in [0, 0.1) is 6.92 Å². The summed E-state index contributed by atoms with van der Waals surface area (Å²) in [5.74, 6) is -1.21. The Morgan fingerprint density at radius 3 is 2.52 bits per heavy atom. The summed E-state index contributed by atoms with van der Waals surface area (Å²) in [5, 5.41) is 2.89. The summed E-state index contributed by atoms with van der Waals surface area (Å²) >= 11 is 1.17. The highest BCUT2D eigenvalue weighted by molar-refractivity contribution is 7.17. The second-order valence-corrected chi connectivity index (χ2v) is 5.98. The minimum Gasteiger partial charge on any atom is -0.497 e. The Balaban J connectivity index is 2.02. The average Bonchev–Trinajstić information content (AvgIpc) is 2.99. The lowest BCUT2D eigenvalue weighted by molar-refractivity contribution is -0.127. The van der Waals surface area contributed by atoms with Gasteiger partial charge in [-0.2, -0.15) is 0 Å². The Kier molecular flexibility index (Phi) is 6.07. The molecule has 0 saturated carbocycles. The minimum absolute atomic E-state index is 0.308. The summed E-state index contributed by atoms with van der Waals surface area (Å²) in [5.41, 5.74) is 6.26. The molecule has 0 saturated heterocycles. The fourth-order valence-corrected chi connectivity index (χ4v) is 2.84. The Hall–Kier alpha value is -2.94. The van der Waals surface area contributed by atoms with E-state index in [-0.39, 0.29) is 6.54 Å². The summed E-state index contributed by atoms with van der Waals surface area (Å²) in [6, 6.07) is 7.27. The number of amides is 2. The molecule has 2 amide bonds. The van der Waals surface area contributed by atoms with Crippen LogP contribution in [-0.2, 0) is 14.3 Å². The standard InChI is InChI=1S/C16H17N3O5S/c1-9-14(16(22)24-8-13(21)18-7-12(17)20)25-15(19-9)10-3-5-11(23-2)6-4-10/h3-6H,7-8H2,1-2H3,(H2,17,20)(H,18,21). The van der Waals surface area contributed by atoms with E-state index in [0.29, 0.717) is 15.6 Å². The van der Waals surface area contributed by atoms with E-state index in [4.69, 9.17) is 15.2 Å². The van der Waals surface area contributed by atoms with Gasteiger partial charge < -0.3 is 20.5 Å². The number of rotatable bonds is 7. The number of esters is 1. The van der Waals surface area contributed by atoms with Crippen LogP contribution in [0.3, 0.4) is 0 Å². The summed E-state index contributed by atoms with van der Waals surface area (Å²) in [6.45, 7) is 0.881. The molecule has 3 N–H and O–H groups in total. The Bertz CT molecular complexity index is 786. The number of aryl methyl sites for hydroxylation is 1. The molecule has 0 bridgehead atoms. The number of nitrogens with two attached hydrogens (primary N) is 1. The van der Waals surface area contributed by atoms with Crippen LogP contribution >= 0.6 is 11.3 Å². The molecule has 0 aliphatic rings. The van der Waals surface area contributed by atoms with Crippen LogP contribution in [0.25, 0.3) is 10.6 Å². The van der Waals surface area contributed by atoms with Gasteiger partial charge in [-0.05, 0) is 31.2 Å². The van der Waals surface area contributed by atoms with Crippen LogP contribution in [0.15, 0.2) is 24.3 Å². The largest absolute Gasteiger partial charge is 0.497 e. The van der Waals surface area contributed by atoms with Gasteiger partial charge in [0.05, 0.1) is 19.3 Å². The molecule has 1 aromatic heterocycles. The zero-order chi connectivity index (χ0) is 18.4. The van der Waals surface area contributed by atoms with E-state index >= 15 is 0 Å². The highest BCUT2D eigenvalue weighted by atomic mass is 32.1. The number of carbonyl (C=O) groups is 3. The van der Waals surface area contributed by atoms with Gasteiger partial charge in [-0.25, -0.2) is 9.78 Å². The Morgan fingerprint density at radius 2 is 1.92 bits per heavy atom. The number of hydrogen-bond acceptors (Lipinski definition) is 7. The number of thiazole rings is 1. The summed E-state index contributed by atoms with van der Waals surface area (Å²) < 4.78 is 10.0. The number of primary amides is 1. The molecule has 0 aliphatic heterocycles. The zero-order valence-electron chi connectivity index (χ0n) is 13.7. The first-order valence-corrected chi connectivity index (χ1v) is 8.06. The molecule has 0 unspecified atom stereocenters. The third-order valence-corrected chi connectivity index (χ3v) is 4.30. The summed E-state index contributed by atoms with van der Waals surface area (Å²) in [4.78, 5) is 38.8. The van der Waals surface area contributed by atoms with E-state index in [9.17, 15) is 14.4 Å². The van der Waals surface area contributed by atoms with Crippen LogP contribution in [0.2, 0.25) is 0 Å². The number of nitrogens with zero attached hydrogens (tertiary/aromatic N) is 1. The van der Waals surface area contributed by atoms with Crippen LogP contribution in [0.1, 0.15) is 15.4 Å². The van der Waals surface area contributed by atoms with Crippen LogP contribution in [0.4, 0.5) is 0 Å². The van der Waals surface area contributed by atoms with Gasteiger partial charge in [0.15, 0.2) is 6.61 Å². The average molecular weight is 363 g/mol. The summed E-state index contributed by atoms with van der Waals surface area (Å²) in [6.07, 6.45) is 0. The highest BCUT2D eigenvalue weighted by Gasteiger charge is 2.18. The number of methoxy groups -OCH3 is 1. The quantitative estimate of drug-likeness (QED) is 0.705. The van der Waals surface area contributed by atoms with Crippen molar-refractivity contribution in [3.8, 4) is 16.3 Å². The SMILES string of the molecule is COc1ccc(-c2nc(C)c(C(=O)OCC(=O)NCC(N)=O)s2)cc1. The molecule has 9 heteroatoms. The van der Waals surface area contributed by atoms with Crippen molar-refractivity contribution in [3.05, 3.63) is 34.8 Å². The van der Waals surface area contributed by atoms with Gasteiger partial charge >= 0.3 is 5.97 Å². The lowest BCUT2D eigenvalue weighted by Crippen LogP contribution is -2.35. The molecule has 0 atom stereocenters. The van der Waals surface area contributed by atoms with E-state index in [0.717, 1.165) is 11.3 Å². The van der Waals surface area contributed by atoms with Crippen molar-refractivity contribution in [2.75, 3.05) is 20.3 Å². The minimum atomic E-state index is -0.679. The van der Waals surface area contributed by atoms with E-state index in [1.54, 1.807) is 26.2 Å². The smallest absolute Gasteiger partial charge is 0.350 e. The van der Waals surface area contributed by atoms with Crippen LogP contribution in [-0.4, -0.2) is 43.0 Å². The maximum atomic E-state index is 12.1. The molecule has 0 fully saturated rings. The topological polar surface area (TPSA) is 121 Å². The molecule has 0 spiro atoms. The fraction of sp³-hybridized carbons (Fsp3) is 0.250. The predicted molar refractivity (Wildman–Crippen MR) is 91.3 cm³/mol. The van der Waals surface area contributed by atoms with E-state index < -0.39 is 24.4 Å². The maximum Gasteiger partial charge on any atom is 0.350 e. The van der Waals surface area contributed by atoms with E-state index in [1.165, 1.54) is 11.3 Å². The Labute approximate surface area is 148 Å². The molecule has 1 aromatic carbocycles. The molecule has 25 heavy (non-hydrogen) atoms. The molecule has 2 aromatic rings. The number of aromatic nitrogens is 1. The number of nitrogens with one attached hydrogen (secondary N) is 1. The van der Waals surface area contributed by atoms with Crippen molar-refractivity contribution >= 4 is 29.1 Å². The molecule has 1 heterocycles. The van der Waals surface area contributed by atoms with Gasteiger partial charge in [0.1, 0.15) is 15.6 Å². The fourth-order valence-electron chi connectivity index (χ4n) is 1.88. The number of carbonyl (C=O) groups excluding carboxylic acids is 3. The van der Waals surface area contributed by atoms with Crippen molar-refractivity contribution in [2.24, 2.45) is 5.73 Å². The molecule has 0 radical (unpaired) electrons. The first kappa shape index (κ1) is 18.4. The number of benzene rings is 1. The summed E-state index contributed by atoms with van der Waals surface area (Å²) in [7, 11) is 1.58. The Morgan fingerprint density at radius 1 is 1.24 bits per heavy atom. The van der Waals surface area contributed by atoms with E-state index in [2.05, 4.69) is 10.3 Å². The lowest BCUT2D eigenvalue weighted by Gasteiger charge is -2.04. The van der Waals surface area contributed by atoms with Crippen LogP contribution < -0.4 is 15.8 Å². The van der Waals surface area contributed by atoms with Crippen molar-refractivity contribution < 1.29 is 23.9 Å². The molecule has 8 nitrogen and oxygen atoms in total. The van der Waals surface area contributed by atoms with Crippen molar-refractivity contribution in [1.82, 2.24) is 10.3 Å². The molecular formula is C16H17N3O5S. The van der Waals surface area contributed by atoms with Gasteiger partial charge in [0.2, 0.25) is 5.91 Å².